The predicted octanol–water partition coefficient (Wildman–Crippen LogP) is 0.227. The van der Waals surface area contributed by atoms with Gasteiger partial charge in [-0.25, -0.2) is 0 Å². The van der Waals surface area contributed by atoms with Gasteiger partial charge < -0.3 is 19.9 Å². The van der Waals surface area contributed by atoms with E-state index in [4.69, 9.17) is 9.73 Å². The van der Waals surface area contributed by atoms with Crippen molar-refractivity contribution in [1.29, 1.82) is 0 Å². The number of likely N-dealkylation sites (tertiary alicyclic amines) is 1. The third kappa shape index (κ3) is 5.34. The van der Waals surface area contributed by atoms with E-state index in [1.165, 1.54) is 12.8 Å². The van der Waals surface area contributed by atoms with Crippen LogP contribution in [0.1, 0.15) is 26.7 Å². The normalized spacial score (nSPS) is 23.0. The standard InChI is InChI=1S/C17H33N5O2/c1-4-18-17(22-10-8-20(9-11-22)15(2)23)19-14-16-6-5-7-21(16)12-13-24-3/h16H,4-14H2,1-3H3,(H,18,19). The van der Waals surface area contributed by atoms with Crippen molar-refractivity contribution in [2.24, 2.45) is 4.99 Å². The lowest BCUT2D eigenvalue weighted by atomic mass is 10.2. The van der Waals surface area contributed by atoms with Crippen LogP contribution in [0.5, 0.6) is 0 Å². The van der Waals surface area contributed by atoms with Crippen molar-refractivity contribution >= 4 is 11.9 Å². The van der Waals surface area contributed by atoms with Gasteiger partial charge in [0.15, 0.2) is 5.96 Å². The fourth-order valence-corrected chi connectivity index (χ4v) is 3.46. The molecule has 0 radical (unpaired) electrons. The van der Waals surface area contributed by atoms with Crippen LogP contribution >= 0.6 is 0 Å². The predicted molar refractivity (Wildman–Crippen MR) is 96.3 cm³/mol. The number of nitrogens with zero attached hydrogens (tertiary/aromatic N) is 4. The Morgan fingerprint density at radius 2 is 1.92 bits per heavy atom. The number of nitrogens with one attached hydrogen (secondary N) is 1. The molecule has 24 heavy (non-hydrogen) atoms. The molecule has 1 N–H and O–H groups in total. The molecule has 2 saturated heterocycles. The van der Waals surface area contributed by atoms with Gasteiger partial charge >= 0.3 is 0 Å². The first-order valence-corrected chi connectivity index (χ1v) is 9.17. The summed E-state index contributed by atoms with van der Waals surface area (Å²) in [6.45, 7) is 11.6. The Kier molecular flexibility index (Phi) is 7.78. The summed E-state index contributed by atoms with van der Waals surface area (Å²) in [6, 6.07) is 0.521. The average Bonchev–Trinajstić information content (AvgIpc) is 3.04. The summed E-state index contributed by atoms with van der Waals surface area (Å²) in [4.78, 5) is 23.0. The molecular weight excluding hydrogens is 306 g/mol. The minimum atomic E-state index is 0.163. The second-order valence-corrected chi connectivity index (χ2v) is 6.51. The molecule has 0 saturated carbocycles. The quantitative estimate of drug-likeness (QED) is 0.554. The van der Waals surface area contributed by atoms with Crippen LogP contribution in [-0.2, 0) is 9.53 Å². The van der Waals surface area contributed by atoms with Gasteiger partial charge in [0.1, 0.15) is 0 Å². The molecule has 0 aromatic carbocycles. The summed E-state index contributed by atoms with van der Waals surface area (Å²) in [5, 5.41) is 3.41. The number of carbonyl (C=O) groups is 1. The first-order valence-electron chi connectivity index (χ1n) is 9.17. The number of carbonyl (C=O) groups excluding carboxylic acids is 1. The highest BCUT2D eigenvalue weighted by Gasteiger charge is 2.25. The van der Waals surface area contributed by atoms with Gasteiger partial charge in [-0.15, -0.1) is 0 Å². The molecule has 2 fully saturated rings. The Morgan fingerprint density at radius 3 is 2.54 bits per heavy atom. The largest absolute Gasteiger partial charge is 0.383 e. The third-order valence-corrected chi connectivity index (χ3v) is 4.89. The molecule has 0 bridgehead atoms. The Hall–Kier alpha value is -1.34. The van der Waals surface area contributed by atoms with E-state index in [1.54, 1.807) is 14.0 Å². The lowest BCUT2D eigenvalue weighted by Crippen LogP contribution is -2.53. The van der Waals surface area contributed by atoms with Gasteiger partial charge in [0.05, 0.1) is 13.2 Å². The SMILES string of the molecule is CCNC(=NCC1CCCN1CCOC)N1CCN(C(C)=O)CC1. The van der Waals surface area contributed by atoms with E-state index < -0.39 is 0 Å². The molecule has 0 aliphatic carbocycles. The number of methoxy groups -OCH3 is 1. The molecule has 0 spiro atoms. The summed E-state index contributed by atoms with van der Waals surface area (Å²) < 4.78 is 5.21. The molecule has 1 atom stereocenters. The Bertz CT molecular complexity index is 421. The van der Waals surface area contributed by atoms with Crippen LogP contribution in [0.3, 0.4) is 0 Å². The van der Waals surface area contributed by atoms with E-state index in [2.05, 4.69) is 22.0 Å². The second-order valence-electron chi connectivity index (χ2n) is 6.51. The highest BCUT2D eigenvalue weighted by atomic mass is 16.5. The fourth-order valence-electron chi connectivity index (χ4n) is 3.46. The molecule has 2 rings (SSSR count). The van der Waals surface area contributed by atoms with Gasteiger partial charge in [0, 0.05) is 59.3 Å². The van der Waals surface area contributed by atoms with Crippen molar-refractivity contribution < 1.29 is 9.53 Å². The molecule has 0 aromatic heterocycles. The van der Waals surface area contributed by atoms with E-state index >= 15 is 0 Å². The van der Waals surface area contributed by atoms with Crippen molar-refractivity contribution in [2.75, 3.05) is 66.1 Å². The average molecular weight is 339 g/mol. The summed E-state index contributed by atoms with van der Waals surface area (Å²) in [7, 11) is 1.76. The van der Waals surface area contributed by atoms with Gasteiger partial charge in [-0.05, 0) is 26.3 Å². The van der Waals surface area contributed by atoms with Crippen LogP contribution in [0.25, 0.3) is 0 Å². The van der Waals surface area contributed by atoms with Crippen LogP contribution in [0.2, 0.25) is 0 Å². The van der Waals surface area contributed by atoms with Crippen LogP contribution in [0.15, 0.2) is 4.99 Å². The fraction of sp³-hybridized carbons (Fsp3) is 0.882. The van der Waals surface area contributed by atoms with Crippen LogP contribution in [-0.4, -0.2) is 98.7 Å². The molecule has 2 aliphatic heterocycles. The smallest absolute Gasteiger partial charge is 0.219 e. The first kappa shape index (κ1) is 19.0. The first-order chi connectivity index (χ1) is 11.7. The van der Waals surface area contributed by atoms with Crippen molar-refractivity contribution in [3.63, 3.8) is 0 Å². The lowest BCUT2D eigenvalue weighted by Gasteiger charge is -2.36. The number of amides is 1. The monoisotopic (exact) mass is 339 g/mol. The van der Waals surface area contributed by atoms with Crippen molar-refractivity contribution in [3.05, 3.63) is 0 Å². The molecule has 138 valence electrons. The van der Waals surface area contributed by atoms with Gasteiger partial charge in [0.2, 0.25) is 5.91 Å². The topological polar surface area (TPSA) is 60.4 Å². The minimum absolute atomic E-state index is 0.163. The maximum atomic E-state index is 11.5. The molecule has 1 unspecified atom stereocenters. The Balaban J connectivity index is 1.89. The highest BCUT2D eigenvalue weighted by Crippen LogP contribution is 2.17. The van der Waals surface area contributed by atoms with Crippen molar-refractivity contribution in [2.45, 2.75) is 32.7 Å². The van der Waals surface area contributed by atoms with Gasteiger partial charge in [-0.2, -0.15) is 0 Å². The zero-order chi connectivity index (χ0) is 17.4. The van der Waals surface area contributed by atoms with E-state index in [9.17, 15) is 4.79 Å². The van der Waals surface area contributed by atoms with Crippen molar-refractivity contribution in [1.82, 2.24) is 20.0 Å². The summed E-state index contributed by atoms with van der Waals surface area (Å²) in [5.74, 6) is 1.15. The van der Waals surface area contributed by atoms with E-state index in [0.717, 1.165) is 64.9 Å². The Morgan fingerprint density at radius 1 is 1.21 bits per heavy atom. The molecule has 2 aliphatic rings. The lowest BCUT2D eigenvalue weighted by molar-refractivity contribution is -0.130. The number of rotatable bonds is 6. The number of hydrogen-bond donors (Lipinski definition) is 1. The molecule has 2 heterocycles. The maximum Gasteiger partial charge on any atom is 0.219 e. The molecule has 7 heteroatoms. The molecule has 1 amide bonds. The number of ether oxygens (including phenoxy) is 1. The Labute approximate surface area is 146 Å². The van der Waals surface area contributed by atoms with Crippen LogP contribution < -0.4 is 5.32 Å². The van der Waals surface area contributed by atoms with Gasteiger partial charge in [-0.1, -0.05) is 0 Å². The second kappa shape index (κ2) is 9.84. The zero-order valence-electron chi connectivity index (χ0n) is 15.5. The van der Waals surface area contributed by atoms with Crippen LogP contribution in [0.4, 0.5) is 0 Å². The minimum Gasteiger partial charge on any atom is -0.383 e. The van der Waals surface area contributed by atoms with Gasteiger partial charge in [-0.3, -0.25) is 14.7 Å². The number of piperazine rings is 1. The maximum absolute atomic E-state index is 11.5. The highest BCUT2D eigenvalue weighted by molar-refractivity contribution is 5.80. The molecule has 0 aromatic rings. The van der Waals surface area contributed by atoms with Crippen LogP contribution in [0, 0.1) is 0 Å². The van der Waals surface area contributed by atoms with E-state index in [1.807, 2.05) is 4.90 Å². The molecular formula is C17H33N5O2. The van der Waals surface area contributed by atoms with E-state index in [0.29, 0.717) is 6.04 Å². The summed E-state index contributed by atoms with van der Waals surface area (Å²) >= 11 is 0. The molecule has 7 nitrogen and oxygen atoms in total. The van der Waals surface area contributed by atoms with E-state index in [-0.39, 0.29) is 5.91 Å². The third-order valence-electron chi connectivity index (χ3n) is 4.89. The number of hydrogen-bond acceptors (Lipinski definition) is 4. The summed E-state index contributed by atoms with van der Waals surface area (Å²) in [6.07, 6.45) is 2.46. The number of guanidine groups is 1. The zero-order valence-corrected chi connectivity index (χ0v) is 15.5. The van der Waals surface area contributed by atoms with Gasteiger partial charge in [0.25, 0.3) is 0 Å². The summed E-state index contributed by atoms with van der Waals surface area (Å²) in [5.41, 5.74) is 0. The number of aliphatic imine (C=N–C) groups is 1. The van der Waals surface area contributed by atoms with Crippen molar-refractivity contribution in [3.8, 4) is 0 Å².